The minimum absolute atomic E-state index is 0.0123. The summed E-state index contributed by atoms with van der Waals surface area (Å²) < 4.78 is 0. The molecule has 0 radical (unpaired) electrons. The highest BCUT2D eigenvalue weighted by atomic mass is 16.3. The van der Waals surface area contributed by atoms with Crippen molar-refractivity contribution in [2.45, 2.75) is 12.3 Å². The summed E-state index contributed by atoms with van der Waals surface area (Å²) in [6.07, 6.45) is 2.04. The van der Waals surface area contributed by atoms with Crippen LogP contribution in [0, 0.1) is 11.3 Å². The van der Waals surface area contributed by atoms with Crippen LogP contribution < -0.4 is 0 Å². The molecule has 3 heteroatoms. The van der Waals surface area contributed by atoms with Crippen molar-refractivity contribution in [3.63, 3.8) is 0 Å². The summed E-state index contributed by atoms with van der Waals surface area (Å²) in [5.41, 5.74) is 1.89. The van der Waals surface area contributed by atoms with Crippen LogP contribution in [0.15, 0.2) is 36.5 Å². The van der Waals surface area contributed by atoms with E-state index in [0.717, 1.165) is 16.5 Å². The van der Waals surface area contributed by atoms with Crippen molar-refractivity contribution in [1.29, 1.82) is 5.26 Å². The van der Waals surface area contributed by atoms with Crippen LogP contribution in [0.2, 0.25) is 0 Å². The van der Waals surface area contributed by atoms with E-state index in [1.807, 2.05) is 30.3 Å². The Morgan fingerprint density at radius 2 is 2.12 bits per heavy atom. The van der Waals surface area contributed by atoms with Gasteiger partial charge in [0.05, 0.1) is 18.2 Å². The van der Waals surface area contributed by atoms with E-state index in [4.69, 9.17) is 5.26 Å². The van der Waals surface area contributed by atoms with E-state index in [0.29, 0.717) is 6.42 Å². The van der Waals surface area contributed by atoms with Crippen molar-refractivity contribution in [2.24, 2.45) is 0 Å². The van der Waals surface area contributed by atoms with Crippen LogP contribution >= 0.6 is 0 Å². The molecule has 0 spiro atoms. The van der Waals surface area contributed by atoms with Gasteiger partial charge in [0.2, 0.25) is 0 Å². The molecule has 1 aromatic carbocycles. The van der Waals surface area contributed by atoms with E-state index < -0.39 is 0 Å². The molecule has 80 valence electrons. The summed E-state index contributed by atoms with van der Waals surface area (Å²) in [4.78, 5) is 4.25. The molecular weight excluding hydrogens is 200 g/mol. The first-order chi connectivity index (χ1) is 7.86. The molecule has 2 rings (SSSR count). The normalized spacial score (nSPS) is 12.2. The number of aromatic nitrogens is 1. The monoisotopic (exact) mass is 212 g/mol. The lowest BCUT2D eigenvalue weighted by atomic mass is 9.94. The van der Waals surface area contributed by atoms with Gasteiger partial charge in [-0.25, -0.2) is 0 Å². The molecule has 2 aromatic rings. The quantitative estimate of drug-likeness (QED) is 0.848. The lowest BCUT2D eigenvalue weighted by Crippen LogP contribution is -2.04. The summed E-state index contributed by atoms with van der Waals surface area (Å²) in [7, 11) is 0. The molecule has 1 N–H and O–H groups in total. The summed E-state index contributed by atoms with van der Waals surface area (Å²) in [6.45, 7) is -0.0123. The second-order valence-corrected chi connectivity index (χ2v) is 3.66. The standard InChI is InChI=1S/C13H12N2O/c14-7-5-10(9-16)11-6-8-15-13-4-2-1-3-12(11)13/h1-4,6,8,10,16H,5,9H2/t10-/m0/s1. The van der Waals surface area contributed by atoms with Gasteiger partial charge < -0.3 is 5.11 Å². The minimum atomic E-state index is -0.127. The second kappa shape index (κ2) is 4.73. The Labute approximate surface area is 94.0 Å². The number of rotatable bonds is 3. The Balaban J connectivity index is 2.55. The van der Waals surface area contributed by atoms with Gasteiger partial charge in [0.1, 0.15) is 0 Å². The molecule has 0 bridgehead atoms. The van der Waals surface area contributed by atoms with Gasteiger partial charge in [0.25, 0.3) is 0 Å². The maximum atomic E-state index is 9.30. The maximum Gasteiger partial charge on any atom is 0.0704 e. The smallest absolute Gasteiger partial charge is 0.0704 e. The Morgan fingerprint density at radius 3 is 2.88 bits per heavy atom. The molecule has 1 aromatic heterocycles. The first kappa shape index (κ1) is 10.6. The topological polar surface area (TPSA) is 56.9 Å². The summed E-state index contributed by atoms with van der Waals surface area (Å²) in [6, 6.07) is 11.7. The van der Waals surface area contributed by atoms with Gasteiger partial charge in [-0.1, -0.05) is 18.2 Å². The minimum Gasteiger partial charge on any atom is -0.396 e. The first-order valence-electron chi connectivity index (χ1n) is 5.18. The van der Waals surface area contributed by atoms with Gasteiger partial charge in [-0.2, -0.15) is 5.26 Å². The van der Waals surface area contributed by atoms with E-state index in [-0.39, 0.29) is 12.5 Å². The average molecular weight is 212 g/mol. The van der Waals surface area contributed by atoms with Gasteiger partial charge in [-0.05, 0) is 17.7 Å². The van der Waals surface area contributed by atoms with E-state index in [1.165, 1.54) is 0 Å². The molecule has 0 amide bonds. The zero-order valence-electron chi connectivity index (χ0n) is 8.80. The molecule has 16 heavy (non-hydrogen) atoms. The molecule has 3 nitrogen and oxygen atoms in total. The fraction of sp³-hybridized carbons (Fsp3) is 0.231. The summed E-state index contributed by atoms with van der Waals surface area (Å²) in [5, 5.41) is 19.0. The van der Waals surface area contributed by atoms with Crippen LogP contribution in [0.3, 0.4) is 0 Å². The van der Waals surface area contributed by atoms with Crippen LogP contribution in [-0.4, -0.2) is 16.7 Å². The molecule has 0 fully saturated rings. The van der Waals surface area contributed by atoms with Crippen molar-refractivity contribution >= 4 is 10.9 Å². The number of para-hydroxylation sites is 1. The Kier molecular flexibility index (Phi) is 3.13. The zero-order valence-corrected chi connectivity index (χ0v) is 8.80. The molecule has 0 saturated heterocycles. The number of nitriles is 1. The molecular formula is C13H12N2O. The predicted molar refractivity (Wildman–Crippen MR) is 61.8 cm³/mol. The van der Waals surface area contributed by atoms with Crippen molar-refractivity contribution in [2.75, 3.05) is 6.61 Å². The molecule has 0 aliphatic carbocycles. The van der Waals surface area contributed by atoms with Crippen LogP contribution in [-0.2, 0) is 0 Å². The van der Waals surface area contributed by atoms with Crippen LogP contribution in [0.5, 0.6) is 0 Å². The molecule has 0 unspecified atom stereocenters. The average Bonchev–Trinajstić information content (AvgIpc) is 2.35. The molecule has 1 atom stereocenters. The van der Waals surface area contributed by atoms with Gasteiger partial charge >= 0.3 is 0 Å². The lowest BCUT2D eigenvalue weighted by Gasteiger charge is -2.13. The highest BCUT2D eigenvalue weighted by Crippen LogP contribution is 2.25. The highest BCUT2D eigenvalue weighted by molar-refractivity contribution is 5.82. The number of aliphatic hydroxyl groups is 1. The zero-order chi connectivity index (χ0) is 11.4. The van der Waals surface area contributed by atoms with Crippen molar-refractivity contribution in [3.05, 3.63) is 42.1 Å². The van der Waals surface area contributed by atoms with E-state index >= 15 is 0 Å². The number of fused-ring (bicyclic) bond motifs is 1. The van der Waals surface area contributed by atoms with E-state index in [9.17, 15) is 5.11 Å². The molecule has 0 saturated carbocycles. The number of aliphatic hydroxyl groups excluding tert-OH is 1. The third-order valence-electron chi connectivity index (χ3n) is 2.68. The van der Waals surface area contributed by atoms with Crippen molar-refractivity contribution in [1.82, 2.24) is 4.98 Å². The van der Waals surface area contributed by atoms with Crippen molar-refractivity contribution < 1.29 is 5.11 Å². The van der Waals surface area contributed by atoms with Gasteiger partial charge in [-0.3, -0.25) is 4.98 Å². The summed E-state index contributed by atoms with van der Waals surface area (Å²) >= 11 is 0. The molecule has 1 heterocycles. The predicted octanol–water partition coefficient (Wildman–Crippen LogP) is 2.22. The third kappa shape index (κ3) is 1.88. The fourth-order valence-electron chi connectivity index (χ4n) is 1.86. The second-order valence-electron chi connectivity index (χ2n) is 3.66. The first-order valence-corrected chi connectivity index (χ1v) is 5.18. The number of hydrogen-bond acceptors (Lipinski definition) is 3. The van der Waals surface area contributed by atoms with E-state index in [1.54, 1.807) is 6.20 Å². The van der Waals surface area contributed by atoms with Gasteiger partial charge in [-0.15, -0.1) is 0 Å². The van der Waals surface area contributed by atoms with Gasteiger partial charge in [0.15, 0.2) is 0 Å². The Bertz CT molecular complexity index is 525. The van der Waals surface area contributed by atoms with Crippen molar-refractivity contribution in [3.8, 4) is 6.07 Å². The Morgan fingerprint density at radius 1 is 1.31 bits per heavy atom. The molecule has 0 aliphatic heterocycles. The SMILES string of the molecule is N#CC[C@@H](CO)c1ccnc2ccccc12. The molecule has 0 aliphatic rings. The van der Waals surface area contributed by atoms with Gasteiger partial charge in [0, 0.05) is 23.9 Å². The fourth-order valence-corrected chi connectivity index (χ4v) is 1.86. The van der Waals surface area contributed by atoms with E-state index in [2.05, 4.69) is 11.1 Å². The lowest BCUT2D eigenvalue weighted by molar-refractivity contribution is 0.267. The highest BCUT2D eigenvalue weighted by Gasteiger charge is 2.13. The van der Waals surface area contributed by atoms with Crippen LogP contribution in [0.1, 0.15) is 17.9 Å². The van der Waals surface area contributed by atoms with Crippen LogP contribution in [0.4, 0.5) is 0 Å². The van der Waals surface area contributed by atoms with Crippen LogP contribution in [0.25, 0.3) is 10.9 Å². The number of hydrogen-bond donors (Lipinski definition) is 1. The Hall–Kier alpha value is -1.92. The summed E-state index contributed by atoms with van der Waals surface area (Å²) in [5.74, 6) is -0.127. The largest absolute Gasteiger partial charge is 0.396 e. The number of nitrogens with zero attached hydrogens (tertiary/aromatic N) is 2. The number of benzene rings is 1. The maximum absolute atomic E-state index is 9.30. The third-order valence-corrected chi connectivity index (χ3v) is 2.68. The number of pyridine rings is 1.